The number of benzene rings is 2. The fraction of sp³-hybridized carbons (Fsp3) is 0.333. The van der Waals surface area contributed by atoms with Gasteiger partial charge in [0.25, 0.3) is 5.91 Å². The van der Waals surface area contributed by atoms with Crippen molar-refractivity contribution in [2.75, 3.05) is 37.4 Å². The fourth-order valence-corrected chi connectivity index (χ4v) is 4.06. The highest BCUT2D eigenvalue weighted by atomic mass is 35.5. The van der Waals surface area contributed by atoms with Gasteiger partial charge in [-0.3, -0.25) is 9.69 Å². The first-order chi connectivity index (χ1) is 18.2. The minimum Gasteiger partial charge on any atom is -0.465 e. The molecule has 0 aliphatic carbocycles. The van der Waals surface area contributed by atoms with Gasteiger partial charge in [-0.05, 0) is 87.6 Å². The second kappa shape index (κ2) is 14.5. The number of anilines is 3. The summed E-state index contributed by atoms with van der Waals surface area (Å²) < 4.78 is 0. The van der Waals surface area contributed by atoms with Gasteiger partial charge in [0, 0.05) is 34.0 Å². The standard InChI is InChI=1S/C27H32Cl2N6O3/c1-34(2)16-6-4-3-5-14-30-25(36)19-7-10-22(11-8-19)32-26-31-15-13-24(33-26)35(27(37)38)18-20-17-21(28)9-12-23(20)29/h7-13,15,17H,3-6,14,16,18H2,1-2H3,(H,30,36)(H,37,38)(H,31,32,33). The van der Waals surface area contributed by atoms with Crippen LogP contribution in [0.4, 0.5) is 22.2 Å². The normalized spacial score (nSPS) is 10.9. The third kappa shape index (κ3) is 9.16. The maximum absolute atomic E-state index is 12.4. The number of unbranched alkanes of at least 4 members (excludes halogenated alkanes) is 3. The van der Waals surface area contributed by atoms with Crippen molar-refractivity contribution in [2.24, 2.45) is 0 Å². The molecular formula is C27H32Cl2N6O3. The van der Waals surface area contributed by atoms with Crippen molar-refractivity contribution in [1.29, 1.82) is 0 Å². The number of carboxylic acid groups (broad SMARTS) is 1. The number of hydrogen-bond acceptors (Lipinski definition) is 6. The molecule has 1 aromatic heterocycles. The molecule has 11 heteroatoms. The summed E-state index contributed by atoms with van der Waals surface area (Å²) >= 11 is 12.3. The summed E-state index contributed by atoms with van der Waals surface area (Å²) in [5.41, 5.74) is 1.75. The van der Waals surface area contributed by atoms with Gasteiger partial charge < -0.3 is 20.6 Å². The number of rotatable bonds is 13. The van der Waals surface area contributed by atoms with E-state index in [1.807, 2.05) is 0 Å². The lowest BCUT2D eigenvalue weighted by atomic mass is 10.1. The lowest BCUT2D eigenvalue weighted by Gasteiger charge is -2.19. The largest absolute Gasteiger partial charge is 0.465 e. The molecule has 2 aromatic carbocycles. The zero-order valence-electron chi connectivity index (χ0n) is 21.5. The zero-order chi connectivity index (χ0) is 27.5. The van der Waals surface area contributed by atoms with Gasteiger partial charge in [-0.1, -0.05) is 36.0 Å². The molecule has 0 fully saturated rings. The monoisotopic (exact) mass is 558 g/mol. The maximum atomic E-state index is 12.4. The molecule has 0 aliphatic heterocycles. The van der Waals surface area contributed by atoms with Crippen LogP contribution in [0, 0.1) is 0 Å². The first-order valence-corrected chi connectivity index (χ1v) is 13.1. The Hall–Kier alpha value is -3.40. The summed E-state index contributed by atoms with van der Waals surface area (Å²) in [6.07, 6.45) is 4.60. The van der Waals surface area contributed by atoms with E-state index < -0.39 is 6.09 Å². The summed E-state index contributed by atoms with van der Waals surface area (Å²) in [5.74, 6) is 0.251. The van der Waals surface area contributed by atoms with E-state index in [1.54, 1.807) is 42.5 Å². The van der Waals surface area contributed by atoms with Crippen molar-refractivity contribution in [3.8, 4) is 0 Å². The van der Waals surface area contributed by atoms with Crippen LogP contribution in [0.1, 0.15) is 41.6 Å². The van der Waals surface area contributed by atoms with E-state index in [0.717, 1.165) is 37.1 Å². The Morgan fingerprint density at radius 3 is 2.42 bits per heavy atom. The lowest BCUT2D eigenvalue weighted by Crippen LogP contribution is -2.29. The molecule has 202 valence electrons. The Morgan fingerprint density at radius 1 is 0.974 bits per heavy atom. The van der Waals surface area contributed by atoms with Crippen molar-refractivity contribution in [3.63, 3.8) is 0 Å². The number of halogens is 2. The van der Waals surface area contributed by atoms with Crippen LogP contribution < -0.4 is 15.5 Å². The topological polar surface area (TPSA) is 111 Å². The van der Waals surface area contributed by atoms with E-state index in [1.165, 1.54) is 12.3 Å². The Bertz CT molecular complexity index is 1220. The van der Waals surface area contributed by atoms with Gasteiger partial charge in [-0.25, -0.2) is 9.78 Å². The molecule has 9 nitrogen and oxygen atoms in total. The van der Waals surface area contributed by atoms with E-state index in [4.69, 9.17) is 23.2 Å². The summed E-state index contributed by atoms with van der Waals surface area (Å²) in [5, 5.41) is 16.6. The Kier molecular flexibility index (Phi) is 11.1. The minimum atomic E-state index is -1.20. The maximum Gasteiger partial charge on any atom is 0.413 e. The van der Waals surface area contributed by atoms with Crippen LogP contribution in [0.15, 0.2) is 54.7 Å². The lowest BCUT2D eigenvalue weighted by molar-refractivity contribution is 0.0953. The quantitative estimate of drug-likeness (QED) is 0.218. The molecule has 3 rings (SSSR count). The average molecular weight is 559 g/mol. The first-order valence-electron chi connectivity index (χ1n) is 12.3. The van der Waals surface area contributed by atoms with Gasteiger partial charge >= 0.3 is 6.09 Å². The van der Waals surface area contributed by atoms with E-state index >= 15 is 0 Å². The van der Waals surface area contributed by atoms with Crippen molar-refractivity contribution in [1.82, 2.24) is 20.2 Å². The zero-order valence-corrected chi connectivity index (χ0v) is 23.0. The summed E-state index contributed by atoms with van der Waals surface area (Å²) in [4.78, 5) is 36.1. The number of nitrogens with zero attached hydrogens (tertiary/aromatic N) is 4. The summed E-state index contributed by atoms with van der Waals surface area (Å²) in [6.45, 7) is 1.69. The first kappa shape index (κ1) is 29.2. The van der Waals surface area contributed by atoms with Crippen LogP contribution in [0.25, 0.3) is 0 Å². The number of aromatic nitrogens is 2. The van der Waals surface area contributed by atoms with Crippen molar-refractivity contribution < 1.29 is 14.7 Å². The van der Waals surface area contributed by atoms with Crippen LogP contribution in [-0.2, 0) is 6.54 Å². The van der Waals surface area contributed by atoms with Crippen LogP contribution in [0.5, 0.6) is 0 Å². The highest BCUT2D eigenvalue weighted by molar-refractivity contribution is 6.33. The minimum absolute atomic E-state index is 0.0366. The van der Waals surface area contributed by atoms with Gasteiger partial charge in [-0.15, -0.1) is 0 Å². The Balaban J connectivity index is 1.56. The molecule has 3 N–H and O–H groups in total. The Morgan fingerprint density at radius 2 is 1.71 bits per heavy atom. The summed E-state index contributed by atoms with van der Waals surface area (Å²) in [6, 6.07) is 13.3. The van der Waals surface area contributed by atoms with Crippen molar-refractivity contribution in [2.45, 2.75) is 32.2 Å². The van der Waals surface area contributed by atoms with Crippen LogP contribution >= 0.6 is 23.2 Å². The van der Waals surface area contributed by atoms with Crippen molar-refractivity contribution in [3.05, 3.63) is 75.9 Å². The smallest absolute Gasteiger partial charge is 0.413 e. The molecule has 1 heterocycles. The molecule has 3 aromatic rings. The molecule has 0 bridgehead atoms. The van der Waals surface area contributed by atoms with Crippen LogP contribution in [0.3, 0.4) is 0 Å². The number of carbonyl (C=O) groups excluding carboxylic acids is 1. The van der Waals surface area contributed by atoms with E-state index in [-0.39, 0.29) is 24.2 Å². The second-order valence-corrected chi connectivity index (χ2v) is 9.86. The Labute approximate surface area is 232 Å². The van der Waals surface area contributed by atoms with Gasteiger partial charge in [0.05, 0.1) is 6.54 Å². The SMILES string of the molecule is CN(C)CCCCCCNC(=O)c1ccc(Nc2nccc(N(Cc3cc(Cl)ccc3Cl)C(=O)O)n2)cc1. The van der Waals surface area contributed by atoms with Crippen LogP contribution in [0.2, 0.25) is 10.0 Å². The van der Waals surface area contributed by atoms with Gasteiger partial charge in [0.15, 0.2) is 0 Å². The molecule has 0 atom stereocenters. The van der Waals surface area contributed by atoms with Crippen LogP contribution in [-0.4, -0.2) is 59.2 Å². The predicted octanol–water partition coefficient (Wildman–Crippen LogP) is 6.06. The highest BCUT2D eigenvalue weighted by Crippen LogP contribution is 2.25. The van der Waals surface area contributed by atoms with Gasteiger partial charge in [-0.2, -0.15) is 4.98 Å². The average Bonchev–Trinajstić information content (AvgIpc) is 2.88. The third-order valence-corrected chi connectivity index (χ3v) is 6.31. The van der Waals surface area contributed by atoms with E-state index in [2.05, 4.69) is 39.6 Å². The molecule has 0 saturated carbocycles. The summed E-state index contributed by atoms with van der Waals surface area (Å²) in [7, 11) is 4.14. The number of hydrogen-bond donors (Lipinski definition) is 3. The molecule has 0 saturated heterocycles. The second-order valence-electron chi connectivity index (χ2n) is 9.02. The predicted molar refractivity (Wildman–Crippen MR) is 152 cm³/mol. The number of nitrogens with one attached hydrogen (secondary N) is 2. The molecule has 0 radical (unpaired) electrons. The van der Waals surface area contributed by atoms with E-state index in [9.17, 15) is 14.7 Å². The molecule has 0 unspecified atom stereocenters. The van der Waals surface area contributed by atoms with E-state index in [0.29, 0.717) is 33.4 Å². The number of amides is 2. The molecular weight excluding hydrogens is 527 g/mol. The highest BCUT2D eigenvalue weighted by Gasteiger charge is 2.19. The molecule has 0 spiro atoms. The molecule has 2 amide bonds. The molecule has 38 heavy (non-hydrogen) atoms. The van der Waals surface area contributed by atoms with Gasteiger partial charge in [0.2, 0.25) is 5.95 Å². The fourth-order valence-electron chi connectivity index (χ4n) is 3.69. The molecule has 0 aliphatic rings. The third-order valence-electron chi connectivity index (χ3n) is 5.71. The van der Waals surface area contributed by atoms with Gasteiger partial charge in [0.1, 0.15) is 5.82 Å². The number of carbonyl (C=O) groups is 2. The van der Waals surface area contributed by atoms with Crippen molar-refractivity contribution >= 4 is 52.7 Å².